The number of aromatic nitrogens is 4. The fraction of sp³-hybridized carbons (Fsp3) is 0.278. The molecule has 0 atom stereocenters. The molecule has 0 fully saturated rings. The predicted octanol–water partition coefficient (Wildman–Crippen LogP) is 4.46. The van der Waals surface area contributed by atoms with Crippen molar-refractivity contribution in [1.82, 2.24) is 19.3 Å². The van der Waals surface area contributed by atoms with Crippen molar-refractivity contribution in [1.29, 1.82) is 0 Å². The largest absolute Gasteiger partial charge is 0.329 e. The third-order valence-electron chi connectivity index (χ3n) is 3.93. The molecule has 0 aliphatic rings. The van der Waals surface area contributed by atoms with Crippen molar-refractivity contribution in [3.63, 3.8) is 0 Å². The Morgan fingerprint density at radius 2 is 1.92 bits per heavy atom. The van der Waals surface area contributed by atoms with E-state index in [0.717, 1.165) is 5.69 Å². The summed E-state index contributed by atoms with van der Waals surface area (Å²) < 4.78 is 3.15. The molecule has 0 radical (unpaired) electrons. The summed E-state index contributed by atoms with van der Waals surface area (Å²) >= 11 is 12.1. The van der Waals surface area contributed by atoms with Gasteiger partial charge in [-0.1, -0.05) is 50.0 Å². The minimum absolute atomic E-state index is 0.183. The average molecular weight is 392 g/mol. The van der Waals surface area contributed by atoms with E-state index < -0.39 is 0 Å². The molecule has 136 valence electrons. The van der Waals surface area contributed by atoms with Crippen LogP contribution in [-0.4, -0.2) is 25.2 Å². The average Bonchev–Trinajstić information content (AvgIpc) is 3.12. The quantitative estimate of drug-likeness (QED) is 0.716. The van der Waals surface area contributed by atoms with Crippen molar-refractivity contribution in [3.05, 3.63) is 58.1 Å². The molecule has 0 bridgehead atoms. The van der Waals surface area contributed by atoms with Crippen LogP contribution >= 0.6 is 23.2 Å². The fourth-order valence-corrected chi connectivity index (χ4v) is 2.81. The minimum atomic E-state index is -0.334. The van der Waals surface area contributed by atoms with Crippen molar-refractivity contribution in [2.45, 2.75) is 26.2 Å². The number of amides is 1. The predicted molar refractivity (Wildman–Crippen MR) is 103 cm³/mol. The molecule has 0 saturated carbocycles. The molecule has 26 heavy (non-hydrogen) atoms. The lowest BCUT2D eigenvalue weighted by molar-refractivity contribution is 0.101. The molecule has 6 nitrogen and oxygen atoms in total. The Balaban J connectivity index is 2.02. The summed E-state index contributed by atoms with van der Waals surface area (Å²) in [6.07, 6.45) is 1.68. The fourth-order valence-electron chi connectivity index (χ4n) is 2.43. The van der Waals surface area contributed by atoms with Crippen LogP contribution in [0.15, 0.2) is 36.5 Å². The van der Waals surface area contributed by atoms with Gasteiger partial charge in [-0.2, -0.15) is 9.78 Å². The van der Waals surface area contributed by atoms with Crippen molar-refractivity contribution < 1.29 is 4.79 Å². The maximum absolute atomic E-state index is 12.7. The molecule has 0 spiro atoms. The Labute approximate surface area is 161 Å². The monoisotopic (exact) mass is 391 g/mol. The third-order valence-corrected chi connectivity index (χ3v) is 4.78. The normalized spacial score (nSPS) is 11.6. The van der Waals surface area contributed by atoms with Crippen molar-refractivity contribution >= 4 is 34.9 Å². The van der Waals surface area contributed by atoms with Gasteiger partial charge in [0.15, 0.2) is 5.82 Å². The van der Waals surface area contributed by atoms with Gasteiger partial charge < -0.3 is 9.88 Å². The maximum atomic E-state index is 12.7. The molecule has 0 aromatic carbocycles. The van der Waals surface area contributed by atoms with Gasteiger partial charge in [0.1, 0.15) is 16.7 Å². The molecule has 3 aromatic heterocycles. The van der Waals surface area contributed by atoms with E-state index in [-0.39, 0.29) is 11.3 Å². The van der Waals surface area contributed by atoms with Crippen molar-refractivity contribution in [3.8, 4) is 5.82 Å². The van der Waals surface area contributed by atoms with Gasteiger partial charge in [-0.15, -0.1) is 0 Å². The van der Waals surface area contributed by atoms with E-state index in [1.54, 1.807) is 17.9 Å². The SMILES string of the molecule is Cn1c(C(=O)Nc2cc(C(C)(C)C)nn2-c2ccccn2)cc(Cl)c1Cl. The number of hydrogen-bond donors (Lipinski definition) is 1. The first kappa shape index (κ1) is 18.5. The molecule has 3 heterocycles. The van der Waals surface area contributed by atoms with Crippen LogP contribution < -0.4 is 5.32 Å². The van der Waals surface area contributed by atoms with E-state index in [0.29, 0.717) is 27.5 Å². The highest BCUT2D eigenvalue weighted by Crippen LogP contribution is 2.28. The first-order valence-electron chi connectivity index (χ1n) is 8.02. The lowest BCUT2D eigenvalue weighted by atomic mass is 9.92. The zero-order valence-corrected chi connectivity index (χ0v) is 16.4. The van der Waals surface area contributed by atoms with Gasteiger partial charge in [-0.3, -0.25) is 4.79 Å². The molecule has 8 heteroatoms. The van der Waals surface area contributed by atoms with Gasteiger partial charge in [0.2, 0.25) is 0 Å². The summed E-state index contributed by atoms with van der Waals surface area (Å²) in [6.45, 7) is 6.17. The molecule has 3 rings (SSSR count). The lowest BCUT2D eigenvalue weighted by Gasteiger charge is -2.13. The van der Waals surface area contributed by atoms with Crippen molar-refractivity contribution in [2.75, 3.05) is 5.32 Å². The van der Waals surface area contributed by atoms with E-state index in [2.05, 4.69) is 36.2 Å². The second kappa shape index (κ2) is 6.78. The highest BCUT2D eigenvalue weighted by atomic mass is 35.5. The standard InChI is InChI=1S/C18H19Cl2N5O/c1-18(2,3)13-10-15(25(23-13)14-7-5-6-8-21-14)22-17(26)12-9-11(19)16(20)24(12)4/h5-10H,1-4H3,(H,22,26). The van der Waals surface area contributed by atoms with E-state index in [1.807, 2.05) is 24.3 Å². The van der Waals surface area contributed by atoms with E-state index >= 15 is 0 Å². The van der Waals surface area contributed by atoms with Gasteiger partial charge >= 0.3 is 0 Å². The van der Waals surface area contributed by atoms with Crippen LogP contribution in [0.2, 0.25) is 10.2 Å². The number of anilines is 1. The van der Waals surface area contributed by atoms with Gasteiger partial charge in [0.05, 0.1) is 10.7 Å². The Morgan fingerprint density at radius 3 is 2.46 bits per heavy atom. The number of nitrogens with one attached hydrogen (secondary N) is 1. The zero-order valence-electron chi connectivity index (χ0n) is 14.9. The van der Waals surface area contributed by atoms with Gasteiger partial charge in [-0.05, 0) is 18.2 Å². The number of hydrogen-bond acceptors (Lipinski definition) is 3. The van der Waals surface area contributed by atoms with Gasteiger partial charge in [0, 0.05) is 24.7 Å². The maximum Gasteiger partial charge on any atom is 0.273 e. The Morgan fingerprint density at radius 1 is 1.19 bits per heavy atom. The summed E-state index contributed by atoms with van der Waals surface area (Å²) in [5, 5.41) is 8.14. The first-order valence-corrected chi connectivity index (χ1v) is 8.78. The summed E-state index contributed by atoms with van der Waals surface area (Å²) in [5.74, 6) is 0.798. The molecule has 1 N–H and O–H groups in total. The van der Waals surface area contributed by atoms with Crippen LogP contribution in [0.1, 0.15) is 37.0 Å². The van der Waals surface area contributed by atoms with Gasteiger partial charge in [-0.25, -0.2) is 4.98 Å². The third kappa shape index (κ3) is 3.48. The molecular weight excluding hydrogens is 373 g/mol. The topological polar surface area (TPSA) is 64.7 Å². The molecule has 3 aromatic rings. The number of nitrogens with zero attached hydrogens (tertiary/aromatic N) is 4. The number of rotatable bonds is 3. The second-order valence-corrected chi connectivity index (χ2v) is 7.71. The van der Waals surface area contributed by atoms with Crippen LogP contribution in [0, 0.1) is 0 Å². The molecule has 1 amide bonds. The first-order chi connectivity index (χ1) is 12.2. The second-order valence-electron chi connectivity index (χ2n) is 6.95. The van der Waals surface area contributed by atoms with E-state index in [9.17, 15) is 4.79 Å². The Bertz CT molecular complexity index is 954. The van der Waals surface area contributed by atoms with Crippen molar-refractivity contribution in [2.24, 2.45) is 7.05 Å². The Kier molecular flexibility index (Phi) is 4.82. The van der Waals surface area contributed by atoms with Crippen LogP contribution in [0.4, 0.5) is 5.82 Å². The number of carbonyl (C=O) groups excluding carboxylic acids is 1. The summed E-state index contributed by atoms with van der Waals surface area (Å²) in [6, 6.07) is 8.89. The summed E-state index contributed by atoms with van der Waals surface area (Å²) in [5.41, 5.74) is 1.00. The molecule has 0 saturated heterocycles. The highest BCUT2D eigenvalue weighted by molar-refractivity contribution is 6.42. The smallest absolute Gasteiger partial charge is 0.273 e. The van der Waals surface area contributed by atoms with Gasteiger partial charge in [0.25, 0.3) is 5.91 Å². The van der Waals surface area contributed by atoms with Crippen LogP contribution in [0.5, 0.6) is 0 Å². The molecule has 0 unspecified atom stereocenters. The van der Waals surface area contributed by atoms with Crippen LogP contribution in [-0.2, 0) is 12.5 Å². The Hall–Kier alpha value is -2.31. The number of pyridine rings is 1. The van der Waals surface area contributed by atoms with Crippen LogP contribution in [0.25, 0.3) is 5.82 Å². The summed E-state index contributed by atoms with van der Waals surface area (Å²) in [7, 11) is 1.68. The lowest BCUT2D eigenvalue weighted by Crippen LogP contribution is -2.18. The summed E-state index contributed by atoms with van der Waals surface area (Å²) in [4.78, 5) is 17.1. The van der Waals surface area contributed by atoms with E-state index in [4.69, 9.17) is 23.2 Å². The van der Waals surface area contributed by atoms with E-state index in [1.165, 1.54) is 10.6 Å². The molecular formula is C18H19Cl2N5O. The molecule has 0 aliphatic heterocycles. The number of halogens is 2. The highest BCUT2D eigenvalue weighted by Gasteiger charge is 2.23. The minimum Gasteiger partial charge on any atom is -0.329 e. The number of carbonyl (C=O) groups is 1. The zero-order chi connectivity index (χ0) is 19.1. The molecule has 0 aliphatic carbocycles. The van der Waals surface area contributed by atoms with Crippen LogP contribution in [0.3, 0.4) is 0 Å².